The average Bonchev–Trinajstić information content (AvgIpc) is 3.83. The van der Waals surface area contributed by atoms with Crippen molar-refractivity contribution in [2.75, 3.05) is 23.9 Å². The summed E-state index contributed by atoms with van der Waals surface area (Å²) in [5, 5.41) is 12.5. The van der Waals surface area contributed by atoms with Gasteiger partial charge in [0.2, 0.25) is 0 Å². The number of rotatable bonds is 11. The molecule has 2 heterocycles. The van der Waals surface area contributed by atoms with E-state index in [4.69, 9.17) is 16.7 Å². The first kappa shape index (κ1) is 31.5. The van der Waals surface area contributed by atoms with E-state index in [1.165, 1.54) is 24.3 Å². The van der Waals surface area contributed by atoms with Gasteiger partial charge in [-0.15, -0.1) is 0 Å². The topological polar surface area (TPSA) is 107 Å². The van der Waals surface area contributed by atoms with Crippen molar-refractivity contribution in [1.82, 2.24) is 10.2 Å². The van der Waals surface area contributed by atoms with E-state index in [0.717, 1.165) is 50.0 Å². The van der Waals surface area contributed by atoms with Crippen molar-refractivity contribution in [1.29, 1.82) is 0 Å². The van der Waals surface area contributed by atoms with Gasteiger partial charge >= 0.3 is 5.97 Å². The number of aliphatic carboxylic acids is 1. The van der Waals surface area contributed by atoms with Crippen LogP contribution in [-0.2, 0) is 26.8 Å². The Morgan fingerprint density at radius 3 is 2.38 bits per heavy atom. The lowest BCUT2D eigenvalue weighted by molar-refractivity contribution is -0.137. The molecule has 1 saturated carbocycles. The fourth-order valence-electron chi connectivity index (χ4n) is 7.13. The predicted octanol–water partition coefficient (Wildman–Crippen LogP) is 5.99. The van der Waals surface area contributed by atoms with E-state index in [-0.39, 0.29) is 35.7 Å². The van der Waals surface area contributed by atoms with Crippen LogP contribution in [0.25, 0.3) is 0 Å². The van der Waals surface area contributed by atoms with Crippen molar-refractivity contribution in [2.24, 2.45) is 5.92 Å². The van der Waals surface area contributed by atoms with E-state index < -0.39 is 27.2 Å². The van der Waals surface area contributed by atoms with Crippen LogP contribution in [0.15, 0.2) is 71.6 Å². The van der Waals surface area contributed by atoms with Crippen LogP contribution in [0, 0.1) is 11.7 Å². The molecule has 0 bridgehead atoms. The van der Waals surface area contributed by atoms with E-state index in [2.05, 4.69) is 10.2 Å². The third-order valence-electron chi connectivity index (χ3n) is 9.55. The van der Waals surface area contributed by atoms with Gasteiger partial charge in [-0.1, -0.05) is 29.8 Å². The van der Waals surface area contributed by atoms with Gasteiger partial charge in [0.1, 0.15) is 5.82 Å². The number of benzene rings is 3. The van der Waals surface area contributed by atoms with Gasteiger partial charge in [0, 0.05) is 29.0 Å². The molecule has 6 rings (SSSR count). The first-order valence-corrected chi connectivity index (χ1v) is 17.3. The number of carbonyl (C=O) groups excluding carboxylic acids is 1. The standard InChI is InChI=1S/C34H37ClFN3O5S/c35-29-6-2-1-5-25(29)22-37-33(42)24-10-15-30-28(21-24)34(16-19-38(20-17-34)18-4-3-7-31(40)41)32(23-8-9-23)39(30)45(43,44)27-13-11-26(36)12-14-27/h1-2,5-6,10-15,21,23,32H,3-4,7-9,16-20,22H2,(H,37,42)(H,40,41). The van der Waals surface area contributed by atoms with Crippen LogP contribution >= 0.6 is 11.6 Å². The maximum absolute atomic E-state index is 14.3. The average molecular weight is 654 g/mol. The highest BCUT2D eigenvalue weighted by molar-refractivity contribution is 7.92. The fraction of sp³-hybridized carbons (Fsp3) is 0.412. The van der Waals surface area contributed by atoms with Crippen LogP contribution in [-0.4, -0.2) is 56.0 Å². The molecule has 1 amide bonds. The number of fused-ring (bicyclic) bond motifs is 2. The molecule has 1 atom stereocenters. The first-order valence-electron chi connectivity index (χ1n) is 15.5. The van der Waals surface area contributed by atoms with Gasteiger partial charge in [0.05, 0.1) is 16.6 Å². The van der Waals surface area contributed by atoms with Gasteiger partial charge in [-0.3, -0.25) is 13.9 Å². The third kappa shape index (κ3) is 6.33. The number of carbonyl (C=O) groups is 2. The summed E-state index contributed by atoms with van der Waals surface area (Å²) < 4.78 is 44.0. The maximum atomic E-state index is 14.3. The van der Waals surface area contributed by atoms with Crippen LogP contribution in [0.4, 0.5) is 10.1 Å². The highest BCUT2D eigenvalue weighted by Gasteiger charge is 2.60. The maximum Gasteiger partial charge on any atom is 0.303 e. The molecular weight excluding hydrogens is 617 g/mol. The third-order valence-corrected chi connectivity index (χ3v) is 11.7. The Balaban J connectivity index is 1.34. The normalized spacial score (nSPS) is 19.4. The van der Waals surface area contributed by atoms with Crippen molar-refractivity contribution in [3.05, 3.63) is 94.3 Å². The number of carboxylic acid groups (broad SMARTS) is 1. The van der Waals surface area contributed by atoms with Crippen LogP contribution < -0.4 is 9.62 Å². The predicted molar refractivity (Wildman–Crippen MR) is 170 cm³/mol. The zero-order valence-electron chi connectivity index (χ0n) is 24.9. The molecule has 11 heteroatoms. The smallest absolute Gasteiger partial charge is 0.303 e. The molecule has 1 unspecified atom stereocenters. The Morgan fingerprint density at radius 1 is 1.00 bits per heavy atom. The Labute approximate surface area is 268 Å². The minimum Gasteiger partial charge on any atom is -0.481 e. The number of likely N-dealkylation sites (tertiary alicyclic amines) is 1. The number of carboxylic acids is 1. The molecule has 8 nitrogen and oxygen atoms in total. The first-order chi connectivity index (χ1) is 21.6. The highest BCUT2D eigenvalue weighted by atomic mass is 35.5. The van der Waals surface area contributed by atoms with Crippen molar-refractivity contribution < 1.29 is 27.5 Å². The minimum atomic E-state index is -4.04. The number of hydrogen-bond donors (Lipinski definition) is 2. The molecule has 2 aliphatic heterocycles. The number of amides is 1. The van der Waals surface area contributed by atoms with Gasteiger partial charge in [-0.05, 0) is 124 Å². The summed E-state index contributed by atoms with van der Waals surface area (Å²) in [6, 6.07) is 17.3. The van der Waals surface area contributed by atoms with E-state index in [9.17, 15) is 22.4 Å². The van der Waals surface area contributed by atoms with E-state index in [1.807, 2.05) is 24.3 Å². The van der Waals surface area contributed by atoms with Crippen LogP contribution in [0.2, 0.25) is 5.02 Å². The Hall–Kier alpha value is -3.47. The molecule has 2 N–H and O–H groups in total. The summed E-state index contributed by atoms with van der Waals surface area (Å²) in [6.07, 6.45) is 4.79. The van der Waals surface area contributed by atoms with Crippen molar-refractivity contribution in [2.45, 2.75) is 67.8 Å². The molecule has 1 saturated heterocycles. The van der Waals surface area contributed by atoms with Gasteiger partial charge in [0.15, 0.2) is 0 Å². The summed E-state index contributed by atoms with van der Waals surface area (Å²) in [6.45, 7) is 2.52. The molecule has 45 heavy (non-hydrogen) atoms. The summed E-state index contributed by atoms with van der Waals surface area (Å²) in [7, 11) is -4.04. The van der Waals surface area contributed by atoms with E-state index in [0.29, 0.717) is 35.5 Å². The number of unbranched alkanes of at least 4 members (excludes halogenated alkanes) is 1. The largest absolute Gasteiger partial charge is 0.481 e. The molecular formula is C34H37ClFN3O5S. The van der Waals surface area contributed by atoms with Crippen molar-refractivity contribution >= 4 is 39.2 Å². The molecule has 1 spiro atoms. The molecule has 3 aromatic carbocycles. The number of piperidine rings is 1. The molecule has 238 valence electrons. The Kier molecular flexibility index (Phi) is 8.91. The molecule has 2 fully saturated rings. The number of halogens is 2. The lowest BCUT2D eigenvalue weighted by atomic mass is 9.68. The fourth-order valence-corrected chi connectivity index (χ4v) is 9.13. The quantitative estimate of drug-likeness (QED) is 0.247. The zero-order chi connectivity index (χ0) is 31.8. The zero-order valence-corrected chi connectivity index (χ0v) is 26.5. The lowest BCUT2D eigenvalue weighted by Gasteiger charge is -2.45. The van der Waals surface area contributed by atoms with Crippen molar-refractivity contribution in [3.8, 4) is 0 Å². The summed E-state index contributed by atoms with van der Waals surface area (Å²) in [4.78, 5) is 26.8. The van der Waals surface area contributed by atoms with E-state index in [1.54, 1.807) is 22.5 Å². The molecule has 3 aliphatic rings. The number of anilines is 1. The Morgan fingerprint density at radius 2 is 1.71 bits per heavy atom. The minimum absolute atomic E-state index is 0.0370. The van der Waals surface area contributed by atoms with Gasteiger partial charge in [-0.25, -0.2) is 12.8 Å². The molecule has 1 aliphatic carbocycles. The number of sulfonamides is 1. The number of hydrogen-bond acceptors (Lipinski definition) is 5. The lowest BCUT2D eigenvalue weighted by Crippen LogP contribution is -2.53. The summed E-state index contributed by atoms with van der Waals surface area (Å²) in [5.41, 5.74) is 2.19. The number of nitrogens with one attached hydrogen (secondary N) is 1. The molecule has 3 aromatic rings. The van der Waals surface area contributed by atoms with Gasteiger partial charge < -0.3 is 15.3 Å². The monoisotopic (exact) mass is 653 g/mol. The summed E-state index contributed by atoms with van der Waals surface area (Å²) >= 11 is 6.30. The van der Waals surface area contributed by atoms with E-state index >= 15 is 0 Å². The van der Waals surface area contributed by atoms with Crippen molar-refractivity contribution in [3.63, 3.8) is 0 Å². The van der Waals surface area contributed by atoms with Crippen LogP contribution in [0.5, 0.6) is 0 Å². The van der Waals surface area contributed by atoms with Crippen LogP contribution in [0.3, 0.4) is 0 Å². The highest BCUT2D eigenvalue weighted by Crippen LogP contribution is 2.59. The Bertz CT molecular complexity index is 1690. The molecule has 0 radical (unpaired) electrons. The SMILES string of the molecule is O=C(O)CCCCN1CCC2(CC1)c1cc(C(=O)NCc3ccccc3Cl)ccc1N(S(=O)(=O)c1ccc(F)cc1)C2C1CC1. The van der Waals surface area contributed by atoms with Gasteiger partial charge in [0.25, 0.3) is 15.9 Å². The summed E-state index contributed by atoms with van der Waals surface area (Å²) in [5.74, 6) is -1.40. The second-order valence-electron chi connectivity index (χ2n) is 12.4. The molecule has 0 aromatic heterocycles. The number of nitrogens with zero attached hydrogens (tertiary/aromatic N) is 2. The van der Waals surface area contributed by atoms with Crippen LogP contribution in [0.1, 0.15) is 66.4 Å². The second-order valence-corrected chi connectivity index (χ2v) is 14.6. The second kappa shape index (κ2) is 12.7. The van der Waals surface area contributed by atoms with Gasteiger partial charge in [-0.2, -0.15) is 0 Å².